The Kier molecular flexibility index (Phi) is 3.38. The highest BCUT2D eigenvalue weighted by atomic mass is 32.1. The first-order valence-electron chi connectivity index (χ1n) is 6.38. The fourth-order valence-corrected chi connectivity index (χ4v) is 3.17. The minimum atomic E-state index is -0.705. The van der Waals surface area contributed by atoms with Gasteiger partial charge in [-0.1, -0.05) is 18.2 Å². The molecule has 0 saturated carbocycles. The van der Waals surface area contributed by atoms with Crippen LogP contribution in [0.15, 0.2) is 42.6 Å². The van der Waals surface area contributed by atoms with Crippen LogP contribution in [0.25, 0.3) is 5.69 Å². The van der Waals surface area contributed by atoms with E-state index in [1.165, 1.54) is 11.3 Å². The smallest absolute Gasteiger partial charge is 0.132 e. The molecule has 20 heavy (non-hydrogen) atoms. The highest BCUT2D eigenvalue weighted by Crippen LogP contribution is 2.30. The first-order valence-corrected chi connectivity index (χ1v) is 7.20. The molecule has 0 amide bonds. The van der Waals surface area contributed by atoms with E-state index >= 15 is 0 Å². The second kappa shape index (κ2) is 5.19. The van der Waals surface area contributed by atoms with Crippen molar-refractivity contribution < 1.29 is 5.11 Å². The average molecular weight is 285 g/mol. The van der Waals surface area contributed by atoms with Crippen molar-refractivity contribution in [3.63, 3.8) is 0 Å². The Bertz CT molecular complexity index is 718. The number of aryl methyl sites for hydroxylation is 2. The molecule has 0 aliphatic rings. The number of rotatable bonds is 3. The van der Waals surface area contributed by atoms with E-state index in [4.69, 9.17) is 0 Å². The highest BCUT2D eigenvalue weighted by Gasteiger charge is 2.20. The quantitative estimate of drug-likeness (QED) is 0.804. The van der Waals surface area contributed by atoms with E-state index in [9.17, 15) is 5.11 Å². The van der Waals surface area contributed by atoms with Crippen LogP contribution >= 0.6 is 11.3 Å². The lowest BCUT2D eigenvalue weighted by Gasteiger charge is -2.12. The molecule has 3 rings (SSSR count). The normalized spacial score (nSPS) is 12.6. The Balaban J connectivity index is 2.04. The molecule has 0 aliphatic carbocycles. The monoisotopic (exact) mass is 285 g/mol. The maximum Gasteiger partial charge on any atom is 0.132 e. The summed E-state index contributed by atoms with van der Waals surface area (Å²) in [5, 5.41) is 15.9. The lowest BCUT2D eigenvalue weighted by Crippen LogP contribution is -2.08. The van der Waals surface area contributed by atoms with Gasteiger partial charge in [0.2, 0.25) is 0 Å². The summed E-state index contributed by atoms with van der Waals surface area (Å²) in [7, 11) is 0. The summed E-state index contributed by atoms with van der Waals surface area (Å²) >= 11 is 1.52. The number of hydrogen-bond donors (Lipinski definition) is 1. The van der Waals surface area contributed by atoms with Crippen molar-refractivity contribution in [1.82, 2.24) is 14.8 Å². The molecule has 102 valence electrons. The second-order valence-corrected chi connectivity index (χ2v) is 5.82. The van der Waals surface area contributed by atoms with E-state index in [1.807, 2.05) is 50.2 Å². The lowest BCUT2D eigenvalue weighted by molar-refractivity contribution is 0.215. The zero-order chi connectivity index (χ0) is 14.1. The largest absolute Gasteiger partial charge is 0.381 e. The molecule has 2 heterocycles. The Morgan fingerprint density at radius 3 is 2.55 bits per heavy atom. The average Bonchev–Trinajstić information content (AvgIpc) is 3.05. The molecule has 0 aliphatic heterocycles. The van der Waals surface area contributed by atoms with E-state index in [1.54, 1.807) is 10.9 Å². The van der Waals surface area contributed by atoms with Gasteiger partial charge in [-0.25, -0.2) is 9.67 Å². The third kappa shape index (κ3) is 2.26. The van der Waals surface area contributed by atoms with Crippen LogP contribution in [0.4, 0.5) is 0 Å². The van der Waals surface area contributed by atoms with E-state index < -0.39 is 6.10 Å². The number of hydrogen-bond acceptors (Lipinski definition) is 4. The fourth-order valence-electron chi connectivity index (χ4n) is 2.24. The molecular weight excluding hydrogens is 270 g/mol. The summed E-state index contributed by atoms with van der Waals surface area (Å²) in [6.07, 6.45) is 0.998. The molecule has 2 aromatic heterocycles. The van der Waals surface area contributed by atoms with Crippen molar-refractivity contribution in [3.8, 4) is 5.69 Å². The molecule has 0 radical (unpaired) electrons. The fraction of sp³-hybridized carbons (Fsp3) is 0.200. The molecule has 3 aromatic rings. The number of thiazole rings is 1. The second-order valence-electron chi connectivity index (χ2n) is 4.59. The Hall–Kier alpha value is -1.98. The van der Waals surface area contributed by atoms with Crippen molar-refractivity contribution in [2.45, 2.75) is 20.0 Å². The molecule has 4 nitrogen and oxygen atoms in total. The summed E-state index contributed by atoms with van der Waals surface area (Å²) in [6, 6.07) is 11.6. The van der Waals surface area contributed by atoms with Gasteiger partial charge >= 0.3 is 0 Å². The number of aromatic nitrogens is 3. The van der Waals surface area contributed by atoms with E-state index in [0.717, 1.165) is 27.0 Å². The van der Waals surface area contributed by atoms with E-state index in [0.29, 0.717) is 0 Å². The van der Waals surface area contributed by atoms with Crippen LogP contribution in [0.3, 0.4) is 0 Å². The summed E-state index contributed by atoms with van der Waals surface area (Å²) in [4.78, 5) is 5.25. The molecule has 0 spiro atoms. The Labute approximate surface area is 121 Å². The van der Waals surface area contributed by atoms with Crippen LogP contribution < -0.4 is 0 Å². The third-order valence-electron chi connectivity index (χ3n) is 3.14. The molecule has 1 aromatic carbocycles. The SMILES string of the molecule is Cc1nc(C)c(C(O)c2ccnn2-c2ccccc2)s1. The number of nitrogens with zero attached hydrogens (tertiary/aromatic N) is 3. The Morgan fingerprint density at radius 2 is 1.90 bits per heavy atom. The zero-order valence-electron chi connectivity index (χ0n) is 11.3. The lowest BCUT2D eigenvalue weighted by atomic mass is 10.2. The van der Waals surface area contributed by atoms with Crippen molar-refractivity contribution in [2.24, 2.45) is 0 Å². The van der Waals surface area contributed by atoms with Gasteiger partial charge in [-0.05, 0) is 32.0 Å². The maximum atomic E-state index is 10.6. The van der Waals surface area contributed by atoms with Gasteiger partial charge in [0.1, 0.15) is 6.10 Å². The van der Waals surface area contributed by atoms with Gasteiger partial charge in [0, 0.05) is 6.20 Å². The minimum absolute atomic E-state index is 0.705. The molecule has 1 unspecified atom stereocenters. The van der Waals surface area contributed by atoms with E-state index in [-0.39, 0.29) is 0 Å². The van der Waals surface area contributed by atoms with Crippen molar-refractivity contribution >= 4 is 11.3 Å². The van der Waals surface area contributed by atoms with Crippen molar-refractivity contribution in [2.75, 3.05) is 0 Å². The van der Waals surface area contributed by atoms with Gasteiger partial charge in [0.15, 0.2) is 0 Å². The van der Waals surface area contributed by atoms with Gasteiger partial charge in [-0.2, -0.15) is 5.10 Å². The predicted octanol–water partition coefficient (Wildman–Crippen LogP) is 3.03. The molecular formula is C15H15N3OS. The van der Waals surface area contributed by atoms with Crippen LogP contribution in [0, 0.1) is 13.8 Å². The Morgan fingerprint density at radius 1 is 1.15 bits per heavy atom. The minimum Gasteiger partial charge on any atom is -0.381 e. The van der Waals surface area contributed by atoms with Crippen molar-refractivity contribution in [1.29, 1.82) is 0 Å². The van der Waals surface area contributed by atoms with Gasteiger partial charge in [0.05, 0.1) is 27.0 Å². The summed E-state index contributed by atoms with van der Waals surface area (Å²) < 4.78 is 1.76. The van der Waals surface area contributed by atoms with Gasteiger partial charge in [-0.3, -0.25) is 0 Å². The van der Waals surface area contributed by atoms with Crippen LogP contribution in [0.5, 0.6) is 0 Å². The molecule has 1 atom stereocenters. The standard InChI is InChI=1S/C15H15N3OS/c1-10-15(20-11(2)17-10)14(19)13-8-9-16-18(13)12-6-4-3-5-7-12/h3-9,14,19H,1-2H3. The van der Waals surface area contributed by atoms with Gasteiger partial charge in [-0.15, -0.1) is 11.3 Å². The topological polar surface area (TPSA) is 50.9 Å². The van der Waals surface area contributed by atoms with Gasteiger partial charge < -0.3 is 5.11 Å². The van der Waals surface area contributed by atoms with Gasteiger partial charge in [0.25, 0.3) is 0 Å². The predicted molar refractivity (Wildman–Crippen MR) is 79.2 cm³/mol. The molecule has 0 fully saturated rings. The molecule has 0 saturated heterocycles. The third-order valence-corrected chi connectivity index (χ3v) is 4.27. The summed E-state index contributed by atoms with van der Waals surface area (Å²) in [6.45, 7) is 3.87. The first-order chi connectivity index (χ1) is 9.66. The van der Waals surface area contributed by atoms with Crippen LogP contribution in [-0.4, -0.2) is 19.9 Å². The van der Waals surface area contributed by atoms with E-state index in [2.05, 4.69) is 10.1 Å². The number of aliphatic hydroxyl groups is 1. The number of aliphatic hydroxyl groups excluding tert-OH is 1. The summed E-state index contributed by atoms with van der Waals surface area (Å²) in [5.74, 6) is 0. The van der Waals surface area contributed by atoms with Crippen LogP contribution in [-0.2, 0) is 0 Å². The zero-order valence-corrected chi connectivity index (χ0v) is 12.1. The molecule has 5 heteroatoms. The maximum absolute atomic E-state index is 10.6. The molecule has 1 N–H and O–H groups in total. The van der Waals surface area contributed by atoms with Crippen LogP contribution in [0.2, 0.25) is 0 Å². The number of benzene rings is 1. The molecule has 0 bridgehead atoms. The summed E-state index contributed by atoms with van der Waals surface area (Å²) in [5.41, 5.74) is 2.56. The first kappa shape index (κ1) is 13.0. The van der Waals surface area contributed by atoms with Crippen LogP contribution in [0.1, 0.15) is 27.4 Å². The highest BCUT2D eigenvalue weighted by molar-refractivity contribution is 7.11. The van der Waals surface area contributed by atoms with Crippen molar-refractivity contribution in [3.05, 3.63) is 63.9 Å². The number of para-hydroxylation sites is 1.